The van der Waals surface area contributed by atoms with E-state index >= 15 is 0 Å². The summed E-state index contributed by atoms with van der Waals surface area (Å²) in [6, 6.07) is 6.82. The number of hydrogen-bond donors (Lipinski definition) is 1. The lowest BCUT2D eigenvalue weighted by Crippen LogP contribution is -2.16. The normalized spacial score (nSPS) is 10.7. The van der Waals surface area contributed by atoms with Crippen LogP contribution in [-0.2, 0) is 0 Å². The van der Waals surface area contributed by atoms with E-state index in [1.807, 2.05) is 19.9 Å². The van der Waals surface area contributed by atoms with Gasteiger partial charge in [0.15, 0.2) is 17.3 Å². The van der Waals surface area contributed by atoms with Crippen molar-refractivity contribution in [3.63, 3.8) is 0 Å². The Balaban J connectivity index is 2.13. The van der Waals surface area contributed by atoms with Crippen molar-refractivity contribution in [3.05, 3.63) is 46.3 Å². The molecule has 1 aromatic heterocycles. The van der Waals surface area contributed by atoms with Crippen LogP contribution >= 0.6 is 15.9 Å². The molecule has 0 saturated carbocycles. The molecule has 0 unspecified atom stereocenters. The van der Waals surface area contributed by atoms with Crippen molar-refractivity contribution < 1.29 is 18.7 Å². The summed E-state index contributed by atoms with van der Waals surface area (Å²) in [7, 11) is 0. The molecule has 0 fully saturated rings. The first kappa shape index (κ1) is 17.1. The van der Waals surface area contributed by atoms with Crippen LogP contribution in [0, 0.1) is 0 Å². The predicted molar refractivity (Wildman–Crippen MR) is 90.2 cm³/mol. The molecular formula is C16H17BrN2O4. The lowest BCUT2D eigenvalue weighted by Gasteiger charge is -2.13. The summed E-state index contributed by atoms with van der Waals surface area (Å²) in [6.45, 7) is 4.85. The summed E-state index contributed by atoms with van der Waals surface area (Å²) in [4.78, 5) is 11.7. The summed E-state index contributed by atoms with van der Waals surface area (Å²) in [5.74, 6) is 1.04. The average Bonchev–Trinajstić information content (AvgIpc) is 3.05. The number of carbonyl (C=O) groups is 1. The molecule has 1 heterocycles. The minimum Gasteiger partial charge on any atom is -0.490 e. The van der Waals surface area contributed by atoms with Crippen molar-refractivity contribution in [1.29, 1.82) is 0 Å². The number of amides is 1. The molecule has 0 aliphatic rings. The molecule has 23 heavy (non-hydrogen) atoms. The van der Waals surface area contributed by atoms with Gasteiger partial charge in [0, 0.05) is 0 Å². The van der Waals surface area contributed by atoms with Gasteiger partial charge in [-0.05, 0) is 59.6 Å². The second kappa shape index (κ2) is 8.38. The highest BCUT2D eigenvalue weighted by Gasteiger charge is 2.11. The van der Waals surface area contributed by atoms with E-state index in [1.165, 1.54) is 12.5 Å². The highest BCUT2D eigenvalue weighted by Crippen LogP contribution is 2.36. The standard InChI is InChI=1S/C16H17BrN2O4/c1-3-21-14-9-11(8-12(17)15(14)22-4-2)10-18-19-16(20)13-6-5-7-23-13/h5-10H,3-4H2,1-2H3,(H,19,20). The van der Waals surface area contributed by atoms with Crippen LogP contribution in [0.3, 0.4) is 0 Å². The first-order valence-corrected chi connectivity index (χ1v) is 7.91. The molecule has 0 atom stereocenters. The number of rotatable bonds is 7. The fourth-order valence-electron chi connectivity index (χ4n) is 1.84. The SMILES string of the molecule is CCOc1cc(C=NNC(=O)c2ccco2)cc(Br)c1OCC. The molecule has 7 heteroatoms. The minimum absolute atomic E-state index is 0.199. The van der Waals surface area contributed by atoms with Crippen LogP contribution in [-0.4, -0.2) is 25.3 Å². The Morgan fingerprint density at radius 2 is 2.13 bits per heavy atom. The van der Waals surface area contributed by atoms with Gasteiger partial charge >= 0.3 is 5.91 Å². The zero-order valence-electron chi connectivity index (χ0n) is 12.8. The lowest BCUT2D eigenvalue weighted by atomic mass is 10.2. The van der Waals surface area contributed by atoms with Crippen LogP contribution in [0.15, 0.2) is 44.5 Å². The molecular weight excluding hydrogens is 364 g/mol. The molecule has 122 valence electrons. The fraction of sp³-hybridized carbons (Fsp3) is 0.250. The van der Waals surface area contributed by atoms with E-state index in [2.05, 4.69) is 26.5 Å². The quantitative estimate of drug-likeness (QED) is 0.588. The van der Waals surface area contributed by atoms with Gasteiger partial charge in [-0.3, -0.25) is 4.79 Å². The predicted octanol–water partition coefficient (Wildman–Crippen LogP) is 3.60. The average molecular weight is 381 g/mol. The molecule has 6 nitrogen and oxygen atoms in total. The van der Waals surface area contributed by atoms with E-state index in [4.69, 9.17) is 13.9 Å². The number of halogens is 1. The third kappa shape index (κ3) is 4.59. The number of nitrogens with one attached hydrogen (secondary N) is 1. The Bertz CT molecular complexity index is 684. The smallest absolute Gasteiger partial charge is 0.307 e. The number of nitrogens with zero attached hydrogens (tertiary/aromatic N) is 1. The number of hydrazone groups is 1. The van der Waals surface area contributed by atoms with Crippen LogP contribution in [0.4, 0.5) is 0 Å². The van der Waals surface area contributed by atoms with Crippen LogP contribution < -0.4 is 14.9 Å². The van der Waals surface area contributed by atoms with Gasteiger partial charge in [0.1, 0.15) is 0 Å². The fourth-order valence-corrected chi connectivity index (χ4v) is 2.41. The van der Waals surface area contributed by atoms with Crippen molar-refractivity contribution in [2.75, 3.05) is 13.2 Å². The molecule has 1 N–H and O–H groups in total. The molecule has 0 radical (unpaired) electrons. The zero-order valence-corrected chi connectivity index (χ0v) is 14.4. The van der Waals surface area contributed by atoms with Gasteiger partial charge in [-0.15, -0.1) is 0 Å². The van der Waals surface area contributed by atoms with Gasteiger partial charge in [-0.1, -0.05) is 0 Å². The van der Waals surface area contributed by atoms with Crippen LogP contribution in [0.5, 0.6) is 11.5 Å². The third-order valence-electron chi connectivity index (χ3n) is 2.75. The van der Waals surface area contributed by atoms with Gasteiger partial charge < -0.3 is 13.9 Å². The molecule has 0 saturated heterocycles. The Hall–Kier alpha value is -2.28. The highest BCUT2D eigenvalue weighted by molar-refractivity contribution is 9.10. The van der Waals surface area contributed by atoms with Crippen molar-refractivity contribution in [2.24, 2.45) is 5.10 Å². The minimum atomic E-state index is -0.415. The molecule has 2 aromatic rings. The van der Waals surface area contributed by atoms with Crippen molar-refractivity contribution >= 4 is 28.1 Å². The number of furan rings is 1. The van der Waals surface area contributed by atoms with E-state index in [9.17, 15) is 4.79 Å². The summed E-state index contributed by atoms with van der Waals surface area (Å²) in [5, 5.41) is 3.91. The first-order valence-electron chi connectivity index (χ1n) is 7.11. The maximum Gasteiger partial charge on any atom is 0.307 e. The van der Waals surface area contributed by atoms with Gasteiger partial charge in [0.2, 0.25) is 0 Å². The zero-order chi connectivity index (χ0) is 16.7. The molecule has 1 aromatic carbocycles. The van der Waals surface area contributed by atoms with E-state index in [0.717, 1.165) is 10.0 Å². The molecule has 2 rings (SSSR count). The maximum absolute atomic E-state index is 11.7. The highest BCUT2D eigenvalue weighted by atomic mass is 79.9. The molecule has 0 spiro atoms. The van der Waals surface area contributed by atoms with E-state index in [1.54, 1.807) is 18.2 Å². The van der Waals surface area contributed by atoms with E-state index < -0.39 is 5.91 Å². The topological polar surface area (TPSA) is 73.1 Å². The molecule has 0 aliphatic carbocycles. The Kier molecular flexibility index (Phi) is 6.22. The second-order valence-corrected chi connectivity index (χ2v) is 5.23. The second-order valence-electron chi connectivity index (χ2n) is 4.37. The largest absolute Gasteiger partial charge is 0.490 e. The van der Waals surface area contributed by atoms with Crippen molar-refractivity contribution in [2.45, 2.75) is 13.8 Å². The van der Waals surface area contributed by atoms with Crippen LogP contribution in [0.2, 0.25) is 0 Å². The van der Waals surface area contributed by atoms with E-state index in [-0.39, 0.29) is 5.76 Å². The third-order valence-corrected chi connectivity index (χ3v) is 3.33. The maximum atomic E-state index is 11.7. The summed E-state index contributed by atoms with van der Waals surface area (Å²) in [6.07, 6.45) is 2.94. The Morgan fingerprint density at radius 1 is 1.35 bits per heavy atom. The van der Waals surface area contributed by atoms with Crippen LogP contribution in [0.25, 0.3) is 0 Å². The monoisotopic (exact) mass is 380 g/mol. The number of benzene rings is 1. The first-order chi connectivity index (χ1) is 11.2. The number of hydrogen-bond acceptors (Lipinski definition) is 5. The molecule has 0 bridgehead atoms. The van der Waals surface area contributed by atoms with E-state index in [0.29, 0.717) is 24.7 Å². The molecule has 1 amide bonds. The van der Waals surface area contributed by atoms with Crippen molar-refractivity contribution in [3.8, 4) is 11.5 Å². The van der Waals surface area contributed by atoms with Gasteiger partial charge in [0.25, 0.3) is 0 Å². The van der Waals surface area contributed by atoms with Gasteiger partial charge in [-0.25, -0.2) is 5.43 Å². The van der Waals surface area contributed by atoms with Gasteiger partial charge in [-0.2, -0.15) is 5.10 Å². The Morgan fingerprint density at radius 3 is 2.78 bits per heavy atom. The van der Waals surface area contributed by atoms with Crippen LogP contribution in [0.1, 0.15) is 30.0 Å². The summed E-state index contributed by atoms with van der Waals surface area (Å²) in [5.41, 5.74) is 3.15. The summed E-state index contributed by atoms with van der Waals surface area (Å²) < 4.78 is 16.9. The lowest BCUT2D eigenvalue weighted by molar-refractivity contribution is 0.0927. The number of carbonyl (C=O) groups excluding carboxylic acids is 1. The summed E-state index contributed by atoms with van der Waals surface area (Å²) >= 11 is 3.45. The molecule has 0 aliphatic heterocycles. The Labute approximate surface area is 142 Å². The van der Waals surface area contributed by atoms with Crippen molar-refractivity contribution in [1.82, 2.24) is 5.43 Å². The van der Waals surface area contributed by atoms with Gasteiger partial charge in [0.05, 0.1) is 30.2 Å². The number of ether oxygens (including phenoxy) is 2.